The van der Waals surface area contributed by atoms with Crippen molar-refractivity contribution in [2.45, 2.75) is 32.7 Å². The SMILES string of the molecule is CCCNCc1ccc(OCOCC2CC2)cc1. The molecule has 1 saturated carbocycles. The molecule has 1 fully saturated rings. The Morgan fingerprint density at radius 3 is 2.67 bits per heavy atom. The first-order valence-corrected chi connectivity index (χ1v) is 6.88. The van der Waals surface area contributed by atoms with Gasteiger partial charge in [-0.05, 0) is 49.4 Å². The van der Waals surface area contributed by atoms with Crippen molar-refractivity contribution in [2.75, 3.05) is 19.9 Å². The third-order valence-corrected chi connectivity index (χ3v) is 3.04. The lowest BCUT2D eigenvalue weighted by molar-refractivity contribution is 0.00997. The van der Waals surface area contributed by atoms with Crippen molar-refractivity contribution >= 4 is 0 Å². The molecule has 0 bridgehead atoms. The van der Waals surface area contributed by atoms with Gasteiger partial charge in [-0.1, -0.05) is 19.1 Å². The average molecular weight is 249 g/mol. The Bertz CT molecular complexity index is 333. The van der Waals surface area contributed by atoms with Gasteiger partial charge >= 0.3 is 0 Å². The van der Waals surface area contributed by atoms with Crippen molar-refractivity contribution in [1.29, 1.82) is 0 Å². The molecule has 1 aromatic carbocycles. The maximum absolute atomic E-state index is 5.52. The maximum atomic E-state index is 5.52. The number of ether oxygens (including phenoxy) is 2. The molecule has 2 rings (SSSR count). The van der Waals surface area contributed by atoms with Gasteiger partial charge in [-0.15, -0.1) is 0 Å². The van der Waals surface area contributed by atoms with Crippen LogP contribution in [-0.4, -0.2) is 19.9 Å². The van der Waals surface area contributed by atoms with Gasteiger partial charge < -0.3 is 14.8 Å². The number of hydrogen-bond donors (Lipinski definition) is 1. The maximum Gasteiger partial charge on any atom is 0.189 e. The predicted octanol–water partition coefficient (Wildman–Crippen LogP) is 2.95. The predicted molar refractivity (Wildman–Crippen MR) is 72.6 cm³/mol. The van der Waals surface area contributed by atoms with Crippen LogP contribution in [0.5, 0.6) is 5.75 Å². The molecule has 18 heavy (non-hydrogen) atoms. The molecule has 3 nitrogen and oxygen atoms in total. The van der Waals surface area contributed by atoms with Crippen LogP contribution in [0.1, 0.15) is 31.7 Å². The summed E-state index contributed by atoms with van der Waals surface area (Å²) in [5, 5.41) is 3.38. The molecule has 0 heterocycles. The van der Waals surface area contributed by atoms with Crippen LogP contribution in [0.15, 0.2) is 24.3 Å². The van der Waals surface area contributed by atoms with Crippen LogP contribution in [-0.2, 0) is 11.3 Å². The van der Waals surface area contributed by atoms with E-state index in [4.69, 9.17) is 9.47 Å². The van der Waals surface area contributed by atoms with Crippen LogP contribution in [0.2, 0.25) is 0 Å². The molecule has 1 aliphatic carbocycles. The smallest absolute Gasteiger partial charge is 0.189 e. The minimum Gasteiger partial charge on any atom is -0.468 e. The summed E-state index contributed by atoms with van der Waals surface area (Å²) in [4.78, 5) is 0. The van der Waals surface area contributed by atoms with E-state index in [1.165, 1.54) is 24.8 Å². The van der Waals surface area contributed by atoms with E-state index in [2.05, 4.69) is 24.4 Å². The third kappa shape index (κ3) is 5.07. The van der Waals surface area contributed by atoms with Gasteiger partial charge in [0.1, 0.15) is 5.75 Å². The summed E-state index contributed by atoms with van der Waals surface area (Å²) < 4.78 is 11.0. The standard InChI is InChI=1S/C15H23NO2/c1-2-9-16-10-13-5-7-15(8-6-13)18-12-17-11-14-3-4-14/h5-8,14,16H,2-4,9-12H2,1H3. The summed E-state index contributed by atoms with van der Waals surface area (Å²) in [5.74, 6) is 1.67. The van der Waals surface area contributed by atoms with Crippen LogP contribution in [0, 0.1) is 5.92 Å². The van der Waals surface area contributed by atoms with E-state index in [-0.39, 0.29) is 0 Å². The monoisotopic (exact) mass is 249 g/mol. The van der Waals surface area contributed by atoms with Crippen LogP contribution in [0.25, 0.3) is 0 Å². The highest BCUT2D eigenvalue weighted by atomic mass is 16.7. The molecule has 0 aliphatic heterocycles. The normalized spacial score (nSPS) is 14.7. The quantitative estimate of drug-likeness (QED) is 0.539. The van der Waals surface area contributed by atoms with Gasteiger partial charge in [0.15, 0.2) is 6.79 Å². The summed E-state index contributed by atoms with van der Waals surface area (Å²) >= 11 is 0. The second-order valence-corrected chi connectivity index (χ2v) is 4.90. The number of hydrogen-bond acceptors (Lipinski definition) is 3. The molecule has 0 amide bonds. The van der Waals surface area contributed by atoms with Crippen LogP contribution in [0.4, 0.5) is 0 Å². The minimum absolute atomic E-state index is 0.365. The van der Waals surface area contributed by atoms with Gasteiger partial charge in [-0.25, -0.2) is 0 Å². The fraction of sp³-hybridized carbons (Fsp3) is 0.600. The van der Waals surface area contributed by atoms with E-state index >= 15 is 0 Å². The summed E-state index contributed by atoms with van der Waals surface area (Å²) in [6.07, 6.45) is 3.80. The lowest BCUT2D eigenvalue weighted by Crippen LogP contribution is -2.13. The molecular weight excluding hydrogens is 226 g/mol. The van der Waals surface area contributed by atoms with E-state index in [9.17, 15) is 0 Å². The van der Waals surface area contributed by atoms with Crippen molar-refractivity contribution in [3.63, 3.8) is 0 Å². The zero-order valence-corrected chi connectivity index (χ0v) is 11.2. The first-order valence-electron chi connectivity index (χ1n) is 6.88. The Morgan fingerprint density at radius 1 is 1.22 bits per heavy atom. The molecule has 0 saturated heterocycles. The van der Waals surface area contributed by atoms with Crippen molar-refractivity contribution in [3.05, 3.63) is 29.8 Å². The Labute approximate surface area is 109 Å². The van der Waals surface area contributed by atoms with E-state index in [1.807, 2.05) is 12.1 Å². The van der Waals surface area contributed by atoms with Gasteiger partial charge in [0, 0.05) is 6.54 Å². The molecule has 3 heteroatoms. The molecule has 1 aromatic rings. The Morgan fingerprint density at radius 2 is 2.00 bits per heavy atom. The summed E-state index contributed by atoms with van der Waals surface area (Å²) in [5.41, 5.74) is 1.29. The van der Waals surface area contributed by atoms with Crippen molar-refractivity contribution < 1.29 is 9.47 Å². The first-order chi connectivity index (χ1) is 8.88. The summed E-state index contributed by atoms with van der Waals surface area (Å²) in [7, 11) is 0. The third-order valence-electron chi connectivity index (χ3n) is 3.04. The van der Waals surface area contributed by atoms with E-state index < -0.39 is 0 Å². The van der Waals surface area contributed by atoms with Gasteiger partial charge in [0.2, 0.25) is 0 Å². The van der Waals surface area contributed by atoms with Gasteiger partial charge in [0.25, 0.3) is 0 Å². The molecule has 1 N–H and O–H groups in total. The number of nitrogens with one attached hydrogen (secondary N) is 1. The highest BCUT2D eigenvalue weighted by Gasteiger charge is 2.20. The molecule has 100 valence electrons. The lowest BCUT2D eigenvalue weighted by Gasteiger charge is -2.08. The first kappa shape index (κ1) is 13.4. The number of rotatable bonds is 9. The van der Waals surface area contributed by atoms with E-state index in [0.29, 0.717) is 6.79 Å². The molecule has 0 radical (unpaired) electrons. The van der Waals surface area contributed by atoms with Crippen LogP contribution < -0.4 is 10.1 Å². The largest absolute Gasteiger partial charge is 0.468 e. The van der Waals surface area contributed by atoms with Crippen LogP contribution in [0.3, 0.4) is 0 Å². The number of benzene rings is 1. The molecule has 0 spiro atoms. The second kappa shape index (κ2) is 7.39. The second-order valence-electron chi connectivity index (χ2n) is 4.90. The van der Waals surface area contributed by atoms with Gasteiger partial charge in [0.05, 0.1) is 6.61 Å². The Kier molecular flexibility index (Phi) is 5.49. The molecule has 0 atom stereocenters. The zero-order valence-electron chi connectivity index (χ0n) is 11.2. The van der Waals surface area contributed by atoms with Crippen molar-refractivity contribution in [2.24, 2.45) is 5.92 Å². The van der Waals surface area contributed by atoms with Gasteiger partial charge in [-0.2, -0.15) is 0 Å². The highest BCUT2D eigenvalue weighted by Crippen LogP contribution is 2.28. The van der Waals surface area contributed by atoms with Crippen molar-refractivity contribution in [3.8, 4) is 5.75 Å². The summed E-state index contributed by atoms with van der Waals surface area (Å²) in [6, 6.07) is 8.20. The van der Waals surface area contributed by atoms with E-state index in [0.717, 1.165) is 31.4 Å². The highest BCUT2D eigenvalue weighted by molar-refractivity contribution is 5.27. The molecule has 0 aromatic heterocycles. The molecule has 0 unspecified atom stereocenters. The molecular formula is C15H23NO2. The van der Waals surface area contributed by atoms with Gasteiger partial charge in [-0.3, -0.25) is 0 Å². The average Bonchev–Trinajstić information content (AvgIpc) is 3.21. The fourth-order valence-corrected chi connectivity index (χ4v) is 1.72. The molecule has 1 aliphatic rings. The fourth-order valence-electron chi connectivity index (χ4n) is 1.72. The zero-order chi connectivity index (χ0) is 12.6. The summed E-state index contributed by atoms with van der Waals surface area (Å²) in [6.45, 7) is 5.37. The van der Waals surface area contributed by atoms with Crippen LogP contribution >= 0.6 is 0 Å². The van der Waals surface area contributed by atoms with Crippen molar-refractivity contribution in [1.82, 2.24) is 5.32 Å². The minimum atomic E-state index is 0.365. The van der Waals surface area contributed by atoms with E-state index in [1.54, 1.807) is 0 Å². The Balaban J connectivity index is 1.62. The lowest BCUT2D eigenvalue weighted by atomic mass is 10.2. The Hall–Kier alpha value is -1.06. The topological polar surface area (TPSA) is 30.5 Å².